The lowest BCUT2D eigenvalue weighted by Gasteiger charge is -2.31. The minimum atomic E-state index is -0.234. The maximum absolute atomic E-state index is 13.2. The Hall–Kier alpha value is -3.16. The average molecular weight is 420 g/mol. The summed E-state index contributed by atoms with van der Waals surface area (Å²) >= 11 is 0. The van der Waals surface area contributed by atoms with Crippen molar-refractivity contribution in [3.05, 3.63) is 76.6 Å². The Kier molecular flexibility index (Phi) is 6.06. The molecular formula is C24H29N5O2. The molecule has 1 amide bonds. The van der Waals surface area contributed by atoms with Gasteiger partial charge in [-0.25, -0.2) is 10.5 Å². The van der Waals surface area contributed by atoms with Crippen LogP contribution in [-0.4, -0.2) is 40.0 Å². The van der Waals surface area contributed by atoms with E-state index >= 15 is 0 Å². The number of anilines is 1. The van der Waals surface area contributed by atoms with Gasteiger partial charge in [-0.15, -0.1) is 0 Å². The van der Waals surface area contributed by atoms with E-state index in [0.29, 0.717) is 30.9 Å². The van der Waals surface area contributed by atoms with Gasteiger partial charge in [-0.3, -0.25) is 9.80 Å². The van der Waals surface area contributed by atoms with Crippen LogP contribution in [0.2, 0.25) is 0 Å². The molecule has 0 saturated carbocycles. The summed E-state index contributed by atoms with van der Waals surface area (Å²) in [6, 6.07) is 12.0. The van der Waals surface area contributed by atoms with Crippen LogP contribution in [0, 0.1) is 13.8 Å². The van der Waals surface area contributed by atoms with E-state index in [0.717, 1.165) is 40.8 Å². The van der Waals surface area contributed by atoms with Crippen molar-refractivity contribution < 1.29 is 9.53 Å². The molecule has 1 aliphatic rings. The first kappa shape index (κ1) is 21.1. The molecule has 31 heavy (non-hydrogen) atoms. The first-order valence-corrected chi connectivity index (χ1v) is 10.6. The van der Waals surface area contributed by atoms with Crippen molar-refractivity contribution in [2.75, 3.05) is 18.9 Å². The molecule has 1 aliphatic heterocycles. The molecule has 1 fully saturated rings. The number of hydrogen-bond acceptors (Lipinski definition) is 5. The fourth-order valence-electron chi connectivity index (χ4n) is 4.04. The highest BCUT2D eigenvalue weighted by atomic mass is 16.5. The molecule has 0 atom stereocenters. The summed E-state index contributed by atoms with van der Waals surface area (Å²) in [4.78, 5) is 13.2. The average Bonchev–Trinajstić information content (AvgIpc) is 3.34. The number of hydrazine groups is 1. The number of ether oxygens (including phenoxy) is 1. The van der Waals surface area contributed by atoms with Crippen LogP contribution in [0.1, 0.15) is 45.5 Å². The summed E-state index contributed by atoms with van der Waals surface area (Å²) in [5, 5.41) is 5.60. The lowest BCUT2D eigenvalue weighted by Crippen LogP contribution is -2.48. The number of carbonyl (C=O) groups is 1. The molecule has 0 spiro atoms. The fourth-order valence-corrected chi connectivity index (χ4v) is 4.04. The summed E-state index contributed by atoms with van der Waals surface area (Å²) in [5.74, 6) is 5.98. The van der Waals surface area contributed by atoms with E-state index in [1.165, 1.54) is 5.01 Å². The maximum Gasteiger partial charge on any atom is 0.270 e. The van der Waals surface area contributed by atoms with Crippen molar-refractivity contribution in [1.82, 2.24) is 14.8 Å². The van der Waals surface area contributed by atoms with Crippen LogP contribution in [0.3, 0.4) is 0 Å². The first-order valence-electron chi connectivity index (χ1n) is 10.6. The molecule has 7 heteroatoms. The van der Waals surface area contributed by atoms with Gasteiger partial charge in [0.2, 0.25) is 0 Å². The largest absolute Gasteiger partial charge is 0.398 e. The van der Waals surface area contributed by atoms with E-state index in [1.807, 2.05) is 49.0 Å². The van der Waals surface area contributed by atoms with Crippen LogP contribution in [0.5, 0.6) is 0 Å². The van der Waals surface area contributed by atoms with Crippen LogP contribution in [0.15, 0.2) is 48.8 Å². The molecule has 1 saturated heterocycles. The Balaban J connectivity index is 1.59. The number of nitrogens with zero attached hydrogens (tertiary/aromatic N) is 3. The zero-order valence-electron chi connectivity index (χ0n) is 18.0. The number of carbonyl (C=O) groups excluding carboxylic acids is 1. The van der Waals surface area contributed by atoms with Crippen molar-refractivity contribution in [3.8, 4) is 5.69 Å². The number of rotatable bonds is 5. The van der Waals surface area contributed by atoms with Gasteiger partial charge in [0.05, 0.1) is 17.3 Å². The molecule has 0 aliphatic carbocycles. The van der Waals surface area contributed by atoms with Gasteiger partial charge in [0.1, 0.15) is 0 Å². The van der Waals surface area contributed by atoms with Gasteiger partial charge in [-0.2, -0.15) is 5.10 Å². The standard InChI is InChI=1S/C24H29N5O2/c1-16-17(2)23(25)22(24(30)29(26)21-8-12-31-13-9-21)15-19(16)14-18-4-6-20(7-5-18)28-11-3-10-27-28/h3-7,10-11,15,21H,8-9,12-14,25-26H2,1-2H3. The number of hydrogen-bond donors (Lipinski definition) is 2. The third kappa shape index (κ3) is 4.33. The summed E-state index contributed by atoms with van der Waals surface area (Å²) in [7, 11) is 0. The highest BCUT2D eigenvalue weighted by molar-refractivity contribution is 6.00. The molecule has 7 nitrogen and oxygen atoms in total. The van der Waals surface area contributed by atoms with Gasteiger partial charge in [0.25, 0.3) is 5.91 Å². The lowest BCUT2D eigenvalue weighted by molar-refractivity contribution is 0.0289. The topological polar surface area (TPSA) is 99.4 Å². The van der Waals surface area contributed by atoms with Crippen molar-refractivity contribution in [1.29, 1.82) is 0 Å². The molecular weight excluding hydrogens is 390 g/mol. The second kappa shape index (κ2) is 8.91. The predicted octanol–water partition coefficient (Wildman–Crippen LogP) is 3.16. The predicted molar refractivity (Wildman–Crippen MR) is 121 cm³/mol. The summed E-state index contributed by atoms with van der Waals surface area (Å²) < 4.78 is 7.21. The van der Waals surface area contributed by atoms with Gasteiger partial charge in [-0.05, 0) is 79.6 Å². The Morgan fingerprint density at radius 2 is 1.90 bits per heavy atom. The third-order valence-corrected chi connectivity index (χ3v) is 6.21. The number of nitrogen functional groups attached to an aromatic ring is 1. The molecule has 4 N–H and O–H groups in total. The van der Waals surface area contributed by atoms with E-state index in [4.69, 9.17) is 16.3 Å². The molecule has 162 valence electrons. The Bertz CT molecular complexity index is 1050. The van der Waals surface area contributed by atoms with Crippen molar-refractivity contribution in [2.45, 2.75) is 39.2 Å². The molecule has 1 aromatic heterocycles. The smallest absolute Gasteiger partial charge is 0.270 e. The van der Waals surface area contributed by atoms with Gasteiger partial charge in [0, 0.05) is 31.3 Å². The SMILES string of the molecule is Cc1c(Cc2ccc(-n3cccn3)cc2)cc(C(=O)N(N)C2CCOCC2)c(N)c1C. The Morgan fingerprint density at radius 1 is 1.19 bits per heavy atom. The third-order valence-electron chi connectivity index (χ3n) is 6.21. The van der Waals surface area contributed by atoms with Crippen molar-refractivity contribution in [3.63, 3.8) is 0 Å². The van der Waals surface area contributed by atoms with Crippen LogP contribution in [-0.2, 0) is 11.2 Å². The molecule has 4 rings (SSSR count). The normalized spacial score (nSPS) is 14.5. The minimum absolute atomic E-state index is 0.0273. The first-order chi connectivity index (χ1) is 15.0. The van der Waals surface area contributed by atoms with Gasteiger partial charge >= 0.3 is 0 Å². The monoisotopic (exact) mass is 419 g/mol. The summed E-state index contributed by atoms with van der Waals surface area (Å²) in [5.41, 5.74) is 12.6. The lowest BCUT2D eigenvalue weighted by atomic mass is 9.92. The molecule has 3 aromatic rings. The highest BCUT2D eigenvalue weighted by Crippen LogP contribution is 2.28. The number of nitrogens with two attached hydrogens (primary N) is 2. The summed E-state index contributed by atoms with van der Waals surface area (Å²) in [6.45, 7) is 5.24. The van der Waals surface area contributed by atoms with Gasteiger partial charge in [-0.1, -0.05) is 12.1 Å². The van der Waals surface area contributed by atoms with Crippen molar-refractivity contribution in [2.24, 2.45) is 5.84 Å². The molecule has 0 unspecified atom stereocenters. The second-order valence-corrected chi connectivity index (χ2v) is 8.10. The zero-order valence-corrected chi connectivity index (χ0v) is 18.0. The van der Waals surface area contributed by atoms with E-state index < -0.39 is 0 Å². The highest BCUT2D eigenvalue weighted by Gasteiger charge is 2.26. The van der Waals surface area contributed by atoms with Gasteiger partial charge in [0.15, 0.2) is 0 Å². The van der Waals surface area contributed by atoms with E-state index in [1.54, 1.807) is 6.20 Å². The molecule has 0 bridgehead atoms. The van der Waals surface area contributed by atoms with Crippen LogP contribution in [0.25, 0.3) is 5.69 Å². The van der Waals surface area contributed by atoms with Crippen molar-refractivity contribution >= 4 is 11.6 Å². The van der Waals surface area contributed by atoms with E-state index in [-0.39, 0.29) is 11.9 Å². The molecule has 2 aromatic carbocycles. The van der Waals surface area contributed by atoms with Crippen LogP contribution < -0.4 is 11.6 Å². The fraction of sp³-hybridized carbons (Fsp3) is 0.333. The number of benzene rings is 2. The van der Waals surface area contributed by atoms with Crippen LogP contribution >= 0.6 is 0 Å². The van der Waals surface area contributed by atoms with Crippen LogP contribution in [0.4, 0.5) is 5.69 Å². The molecule has 2 heterocycles. The molecule has 0 radical (unpaired) electrons. The maximum atomic E-state index is 13.2. The van der Waals surface area contributed by atoms with E-state index in [9.17, 15) is 4.79 Å². The second-order valence-electron chi connectivity index (χ2n) is 8.10. The van der Waals surface area contributed by atoms with Gasteiger partial charge < -0.3 is 10.5 Å². The number of amides is 1. The number of aromatic nitrogens is 2. The van der Waals surface area contributed by atoms with E-state index in [2.05, 4.69) is 17.2 Å². The quantitative estimate of drug-likeness (QED) is 0.286. The summed E-state index contributed by atoms with van der Waals surface area (Å²) in [6.07, 6.45) is 5.85. The zero-order chi connectivity index (χ0) is 22.0. The minimum Gasteiger partial charge on any atom is -0.398 e. The Labute approximate surface area is 182 Å². The Morgan fingerprint density at radius 3 is 2.55 bits per heavy atom.